The summed E-state index contributed by atoms with van der Waals surface area (Å²) in [5, 5.41) is 9.70. The second kappa shape index (κ2) is 4.75. The van der Waals surface area contributed by atoms with Crippen LogP contribution in [0.15, 0.2) is 0 Å². The molecule has 2 aliphatic rings. The smallest absolute Gasteiger partial charge is 0.0872 e. The largest absolute Gasteiger partial charge is 0.388 e. The Morgan fingerprint density at radius 2 is 1.89 bits per heavy atom. The number of likely N-dealkylation sites (tertiary alicyclic amines) is 2. The van der Waals surface area contributed by atoms with Crippen LogP contribution >= 0.6 is 0 Å². The molecule has 0 aromatic rings. The Bertz CT molecular complexity index is 285. The number of hydrogen-bond acceptors (Lipinski definition) is 4. The van der Waals surface area contributed by atoms with E-state index in [4.69, 9.17) is 4.74 Å². The van der Waals surface area contributed by atoms with Crippen LogP contribution in [0.1, 0.15) is 34.6 Å². The first-order valence-corrected chi connectivity index (χ1v) is 7.00. The molecule has 0 amide bonds. The lowest BCUT2D eigenvalue weighted by atomic mass is 9.95. The summed E-state index contributed by atoms with van der Waals surface area (Å²) in [5.74, 6) is 0. The van der Waals surface area contributed by atoms with Gasteiger partial charge in [-0.3, -0.25) is 9.80 Å². The lowest BCUT2D eigenvalue weighted by molar-refractivity contribution is -0.134. The Balaban J connectivity index is 1.60. The molecular formula is C14H28N2O2. The molecule has 1 unspecified atom stereocenters. The van der Waals surface area contributed by atoms with Gasteiger partial charge in [-0.25, -0.2) is 0 Å². The van der Waals surface area contributed by atoms with Gasteiger partial charge in [-0.2, -0.15) is 0 Å². The first-order chi connectivity index (χ1) is 8.17. The highest BCUT2D eigenvalue weighted by molar-refractivity contribution is 4.94. The summed E-state index contributed by atoms with van der Waals surface area (Å²) in [6.07, 6.45) is 0.397. The molecule has 0 aromatic heterocycles. The van der Waals surface area contributed by atoms with E-state index in [1.54, 1.807) is 0 Å². The van der Waals surface area contributed by atoms with Crippen molar-refractivity contribution in [2.45, 2.75) is 57.9 Å². The number of nitrogens with zero attached hydrogens (tertiary/aromatic N) is 2. The monoisotopic (exact) mass is 256 g/mol. The lowest BCUT2D eigenvalue weighted by Gasteiger charge is -2.49. The topological polar surface area (TPSA) is 35.9 Å². The number of rotatable bonds is 4. The normalized spacial score (nSPS) is 27.7. The van der Waals surface area contributed by atoms with Crippen molar-refractivity contribution < 1.29 is 9.84 Å². The van der Waals surface area contributed by atoms with E-state index < -0.39 is 5.60 Å². The number of β-amino-alcohol motifs (C(OH)–C–C–N with tert-alkyl or cyclic N) is 1. The van der Waals surface area contributed by atoms with Gasteiger partial charge in [0.05, 0.1) is 18.3 Å². The molecule has 0 bridgehead atoms. The van der Waals surface area contributed by atoms with Gasteiger partial charge in [0.25, 0.3) is 0 Å². The average molecular weight is 256 g/mol. The third-order valence-electron chi connectivity index (χ3n) is 4.08. The molecule has 2 aliphatic heterocycles. The highest BCUT2D eigenvalue weighted by Gasteiger charge is 2.40. The van der Waals surface area contributed by atoms with E-state index in [0.29, 0.717) is 12.1 Å². The fraction of sp³-hybridized carbons (Fsp3) is 1.00. The molecule has 0 spiro atoms. The summed E-state index contributed by atoms with van der Waals surface area (Å²) in [6.45, 7) is 15.2. The zero-order valence-electron chi connectivity index (χ0n) is 12.4. The van der Waals surface area contributed by atoms with E-state index in [2.05, 4.69) is 37.5 Å². The molecule has 106 valence electrons. The summed E-state index contributed by atoms with van der Waals surface area (Å²) in [4.78, 5) is 4.72. The fourth-order valence-corrected chi connectivity index (χ4v) is 2.61. The minimum Gasteiger partial charge on any atom is -0.388 e. The number of hydrogen-bond donors (Lipinski definition) is 1. The van der Waals surface area contributed by atoms with E-state index in [1.807, 2.05) is 6.92 Å². The first-order valence-electron chi connectivity index (χ1n) is 7.00. The standard InChI is InChI=1S/C14H28N2O2/c1-11(15-9-14(5,17)10-15)8-18-12-6-16(7-12)13(2,3)4/h11-12,17H,6-10H2,1-5H3. The molecule has 0 aromatic carbocycles. The molecule has 2 saturated heterocycles. The van der Waals surface area contributed by atoms with Crippen LogP contribution in [0.2, 0.25) is 0 Å². The van der Waals surface area contributed by atoms with Gasteiger partial charge in [0, 0.05) is 37.8 Å². The van der Waals surface area contributed by atoms with Crippen molar-refractivity contribution in [3.63, 3.8) is 0 Å². The molecule has 0 radical (unpaired) electrons. The SMILES string of the molecule is CC(COC1CN(C(C)(C)C)C1)N1CC(C)(O)C1. The van der Waals surface area contributed by atoms with Gasteiger partial charge in [0.1, 0.15) is 0 Å². The highest BCUT2D eigenvalue weighted by Crippen LogP contribution is 2.25. The van der Waals surface area contributed by atoms with E-state index in [-0.39, 0.29) is 5.54 Å². The van der Waals surface area contributed by atoms with Crippen molar-refractivity contribution in [2.24, 2.45) is 0 Å². The van der Waals surface area contributed by atoms with Crippen molar-refractivity contribution in [1.29, 1.82) is 0 Å². The predicted octanol–water partition coefficient (Wildman–Crippen LogP) is 0.941. The Kier molecular flexibility index (Phi) is 3.76. The molecule has 4 nitrogen and oxygen atoms in total. The molecule has 2 fully saturated rings. The molecule has 4 heteroatoms. The lowest BCUT2D eigenvalue weighted by Crippen LogP contribution is -2.64. The van der Waals surface area contributed by atoms with Crippen LogP contribution in [-0.2, 0) is 4.74 Å². The maximum Gasteiger partial charge on any atom is 0.0872 e. The molecule has 0 saturated carbocycles. The van der Waals surface area contributed by atoms with Crippen molar-refractivity contribution in [1.82, 2.24) is 9.80 Å². The quantitative estimate of drug-likeness (QED) is 0.812. The van der Waals surface area contributed by atoms with Crippen LogP contribution < -0.4 is 0 Å². The molecule has 1 atom stereocenters. The van der Waals surface area contributed by atoms with Gasteiger partial charge >= 0.3 is 0 Å². The van der Waals surface area contributed by atoms with Gasteiger partial charge in [0.15, 0.2) is 0 Å². The summed E-state index contributed by atoms with van der Waals surface area (Å²) >= 11 is 0. The van der Waals surface area contributed by atoms with E-state index in [0.717, 1.165) is 32.8 Å². The zero-order valence-corrected chi connectivity index (χ0v) is 12.4. The van der Waals surface area contributed by atoms with E-state index in [9.17, 15) is 5.11 Å². The van der Waals surface area contributed by atoms with Gasteiger partial charge in [-0.05, 0) is 34.6 Å². The first kappa shape index (κ1) is 14.3. The Morgan fingerprint density at radius 3 is 2.33 bits per heavy atom. The van der Waals surface area contributed by atoms with Crippen molar-refractivity contribution in [3.05, 3.63) is 0 Å². The molecule has 2 heterocycles. The highest BCUT2D eigenvalue weighted by atomic mass is 16.5. The van der Waals surface area contributed by atoms with Crippen molar-refractivity contribution in [2.75, 3.05) is 32.8 Å². The second-order valence-corrected chi connectivity index (χ2v) is 7.28. The number of aliphatic hydroxyl groups is 1. The molecule has 1 N–H and O–H groups in total. The third kappa shape index (κ3) is 3.23. The zero-order chi connectivity index (χ0) is 13.6. The molecular weight excluding hydrogens is 228 g/mol. The van der Waals surface area contributed by atoms with Crippen LogP contribution in [0.25, 0.3) is 0 Å². The average Bonchev–Trinajstić information content (AvgIpc) is 2.08. The number of ether oxygens (including phenoxy) is 1. The summed E-state index contributed by atoms with van der Waals surface area (Å²) in [6, 6.07) is 0.411. The third-order valence-corrected chi connectivity index (χ3v) is 4.08. The summed E-state index contributed by atoms with van der Waals surface area (Å²) in [5.41, 5.74) is -0.213. The Hall–Kier alpha value is -0.160. The second-order valence-electron chi connectivity index (χ2n) is 7.28. The van der Waals surface area contributed by atoms with Crippen LogP contribution in [0.5, 0.6) is 0 Å². The summed E-state index contributed by atoms with van der Waals surface area (Å²) < 4.78 is 5.93. The fourth-order valence-electron chi connectivity index (χ4n) is 2.61. The van der Waals surface area contributed by atoms with Crippen LogP contribution in [0.3, 0.4) is 0 Å². The maximum absolute atomic E-state index is 9.70. The van der Waals surface area contributed by atoms with E-state index >= 15 is 0 Å². The van der Waals surface area contributed by atoms with Crippen LogP contribution in [-0.4, -0.2) is 71.0 Å². The van der Waals surface area contributed by atoms with Crippen LogP contribution in [0.4, 0.5) is 0 Å². The van der Waals surface area contributed by atoms with Crippen molar-refractivity contribution >= 4 is 0 Å². The van der Waals surface area contributed by atoms with Gasteiger partial charge in [0.2, 0.25) is 0 Å². The van der Waals surface area contributed by atoms with Gasteiger partial charge < -0.3 is 9.84 Å². The minimum atomic E-state index is -0.478. The van der Waals surface area contributed by atoms with Crippen molar-refractivity contribution in [3.8, 4) is 0 Å². The molecule has 18 heavy (non-hydrogen) atoms. The van der Waals surface area contributed by atoms with Gasteiger partial charge in [-0.1, -0.05) is 0 Å². The van der Waals surface area contributed by atoms with E-state index in [1.165, 1.54) is 0 Å². The molecule has 2 rings (SSSR count). The Morgan fingerprint density at radius 1 is 1.33 bits per heavy atom. The van der Waals surface area contributed by atoms with Gasteiger partial charge in [-0.15, -0.1) is 0 Å². The minimum absolute atomic E-state index is 0.266. The Labute approximate surface area is 111 Å². The molecule has 0 aliphatic carbocycles. The maximum atomic E-state index is 9.70. The predicted molar refractivity (Wildman–Crippen MR) is 72.7 cm³/mol. The summed E-state index contributed by atoms with van der Waals surface area (Å²) in [7, 11) is 0. The van der Waals surface area contributed by atoms with Crippen LogP contribution in [0, 0.1) is 0 Å².